The molecule has 6 heteroatoms. The molecule has 1 aromatic rings. The number of rotatable bonds is 2. The predicted octanol–water partition coefficient (Wildman–Crippen LogP) is 1.92. The molecular weight excluding hydrogens is 320 g/mol. The number of likely N-dealkylation sites (tertiary alicyclic amines) is 1. The van der Waals surface area contributed by atoms with E-state index in [0.717, 1.165) is 30.5 Å². The minimum Gasteiger partial charge on any atom is -0.480 e. The van der Waals surface area contributed by atoms with Crippen LogP contribution in [0.25, 0.3) is 0 Å². The Hall–Kier alpha value is -2.37. The molecule has 2 fully saturated rings. The normalized spacial score (nSPS) is 28.0. The Morgan fingerprint density at radius 2 is 2.00 bits per heavy atom. The summed E-state index contributed by atoms with van der Waals surface area (Å²) >= 11 is 0. The highest BCUT2D eigenvalue weighted by molar-refractivity contribution is 6.00. The van der Waals surface area contributed by atoms with Gasteiger partial charge in [0.05, 0.1) is 0 Å². The van der Waals surface area contributed by atoms with E-state index in [1.54, 1.807) is 29.0 Å². The van der Waals surface area contributed by atoms with Gasteiger partial charge in [-0.05, 0) is 54.9 Å². The minimum absolute atomic E-state index is 0.0740. The van der Waals surface area contributed by atoms with E-state index >= 15 is 0 Å². The van der Waals surface area contributed by atoms with Crippen LogP contribution < -0.4 is 4.90 Å². The molecule has 4 rings (SSSR count). The highest BCUT2D eigenvalue weighted by Crippen LogP contribution is 2.43. The molecular formula is C19H22N2O4. The summed E-state index contributed by atoms with van der Waals surface area (Å²) in [5, 5.41) is 9.64. The van der Waals surface area contributed by atoms with Gasteiger partial charge < -0.3 is 14.9 Å². The van der Waals surface area contributed by atoms with Crippen LogP contribution in [0.4, 0.5) is 5.69 Å². The fourth-order valence-electron chi connectivity index (χ4n) is 4.79. The molecule has 0 unspecified atom stereocenters. The molecule has 0 radical (unpaired) electrons. The van der Waals surface area contributed by atoms with Gasteiger partial charge in [-0.15, -0.1) is 0 Å². The maximum atomic E-state index is 13.0. The molecule has 1 aliphatic carbocycles. The smallest absolute Gasteiger partial charge is 0.326 e. The van der Waals surface area contributed by atoms with Gasteiger partial charge in [-0.3, -0.25) is 9.59 Å². The number of carbonyl (C=O) groups is 3. The molecule has 1 saturated heterocycles. The third-order valence-electron chi connectivity index (χ3n) is 6.07. The number of fused-ring (bicyclic) bond motifs is 2. The van der Waals surface area contributed by atoms with E-state index in [4.69, 9.17) is 0 Å². The number of carbonyl (C=O) groups excluding carboxylic acids is 2. The monoisotopic (exact) mass is 342 g/mol. The largest absolute Gasteiger partial charge is 0.480 e. The van der Waals surface area contributed by atoms with Crippen LogP contribution in [0, 0.1) is 11.8 Å². The van der Waals surface area contributed by atoms with Crippen molar-refractivity contribution in [2.75, 3.05) is 18.5 Å². The maximum Gasteiger partial charge on any atom is 0.326 e. The van der Waals surface area contributed by atoms with Crippen LogP contribution in [0.1, 0.15) is 41.6 Å². The Kier molecular flexibility index (Phi) is 3.78. The summed E-state index contributed by atoms with van der Waals surface area (Å²) in [5.74, 6) is -0.630. The Morgan fingerprint density at radius 3 is 2.76 bits per heavy atom. The van der Waals surface area contributed by atoms with E-state index in [2.05, 4.69) is 0 Å². The lowest BCUT2D eigenvalue weighted by Gasteiger charge is -2.28. The van der Waals surface area contributed by atoms with E-state index in [9.17, 15) is 19.5 Å². The summed E-state index contributed by atoms with van der Waals surface area (Å²) in [6.45, 7) is 0.538. The Balaban J connectivity index is 1.63. The van der Waals surface area contributed by atoms with E-state index in [0.29, 0.717) is 30.9 Å². The van der Waals surface area contributed by atoms with Crippen molar-refractivity contribution in [1.29, 1.82) is 0 Å². The fourth-order valence-corrected chi connectivity index (χ4v) is 4.79. The van der Waals surface area contributed by atoms with Crippen LogP contribution in [0.3, 0.4) is 0 Å². The summed E-state index contributed by atoms with van der Waals surface area (Å²) in [4.78, 5) is 39.7. The zero-order valence-electron chi connectivity index (χ0n) is 14.3. The van der Waals surface area contributed by atoms with Crippen LogP contribution in [0.5, 0.6) is 0 Å². The van der Waals surface area contributed by atoms with Gasteiger partial charge in [0.15, 0.2) is 0 Å². The molecule has 0 bridgehead atoms. The summed E-state index contributed by atoms with van der Waals surface area (Å²) in [6, 6.07) is 4.63. The zero-order valence-corrected chi connectivity index (χ0v) is 14.3. The van der Waals surface area contributed by atoms with Crippen molar-refractivity contribution in [3.63, 3.8) is 0 Å². The molecule has 0 aromatic heterocycles. The van der Waals surface area contributed by atoms with Crippen molar-refractivity contribution < 1.29 is 19.5 Å². The number of amides is 2. The van der Waals surface area contributed by atoms with Crippen molar-refractivity contribution >= 4 is 23.5 Å². The van der Waals surface area contributed by atoms with Crippen LogP contribution >= 0.6 is 0 Å². The lowest BCUT2D eigenvalue weighted by Crippen LogP contribution is -2.43. The molecule has 2 heterocycles. The first-order chi connectivity index (χ1) is 12.0. The fraction of sp³-hybridized carbons (Fsp3) is 0.526. The lowest BCUT2D eigenvalue weighted by atomic mass is 9.94. The molecule has 3 aliphatic rings. The average Bonchev–Trinajstić information content (AvgIpc) is 3.17. The molecule has 2 aliphatic heterocycles. The van der Waals surface area contributed by atoms with Gasteiger partial charge in [0.25, 0.3) is 5.91 Å². The van der Waals surface area contributed by atoms with Crippen molar-refractivity contribution in [3.05, 3.63) is 29.3 Å². The van der Waals surface area contributed by atoms with Crippen LogP contribution in [0.15, 0.2) is 18.2 Å². The Morgan fingerprint density at radius 1 is 1.20 bits per heavy atom. The molecule has 1 saturated carbocycles. The Labute approximate surface area is 146 Å². The topological polar surface area (TPSA) is 77.9 Å². The van der Waals surface area contributed by atoms with Crippen molar-refractivity contribution in [3.8, 4) is 0 Å². The first kappa shape index (κ1) is 16.1. The van der Waals surface area contributed by atoms with Gasteiger partial charge in [-0.25, -0.2) is 4.79 Å². The quantitative estimate of drug-likeness (QED) is 0.891. The van der Waals surface area contributed by atoms with E-state index < -0.39 is 12.0 Å². The molecule has 25 heavy (non-hydrogen) atoms. The number of hydrogen-bond acceptors (Lipinski definition) is 3. The predicted molar refractivity (Wildman–Crippen MR) is 91.5 cm³/mol. The number of carboxylic acid groups (broad SMARTS) is 1. The maximum absolute atomic E-state index is 13.0. The SMILES string of the molecule is CN1C(=O)CCc2cc(C(=O)N3C[C@@H]4CCC[C@H]4[C@H]3C(=O)O)ccc21. The molecule has 0 spiro atoms. The number of hydrogen-bond donors (Lipinski definition) is 1. The third-order valence-corrected chi connectivity index (χ3v) is 6.07. The van der Waals surface area contributed by atoms with E-state index in [-0.39, 0.29) is 17.7 Å². The lowest BCUT2D eigenvalue weighted by molar-refractivity contribution is -0.142. The van der Waals surface area contributed by atoms with Crippen molar-refractivity contribution in [2.24, 2.45) is 11.8 Å². The molecule has 1 N–H and O–H groups in total. The standard InChI is InChI=1S/C19H22N2O4/c1-20-15-7-5-12(9-11(15)6-8-16(20)22)18(23)21-10-13-3-2-4-14(13)17(21)19(24)25/h5,7,9,13-14,17H,2-4,6,8,10H2,1H3,(H,24,25)/t13-,14+,17-/m0/s1. The second-order valence-corrected chi connectivity index (χ2v) is 7.39. The summed E-state index contributed by atoms with van der Waals surface area (Å²) in [5.41, 5.74) is 2.33. The Bertz CT molecular complexity index is 760. The minimum atomic E-state index is -0.897. The first-order valence-corrected chi connectivity index (χ1v) is 8.90. The number of anilines is 1. The van der Waals surface area contributed by atoms with E-state index in [1.807, 2.05) is 6.07 Å². The van der Waals surface area contributed by atoms with Crippen molar-refractivity contribution in [2.45, 2.75) is 38.1 Å². The third kappa shape index (κ3) is 2.51. The number of aliphatic carboxylic acids is 1. The summed E-state index contributed by atoms with van der Waals surface area (Å²) in [6.07, 6.45) is 4.01. The first-order valence-electron chi connectivity index (χ1n) is 8.90. The van der Waals surface area contributed by atoms with Crippen molar-refractivity contribution in [1.82, 2.24) is 4.90 Å². The number of carboxylic acids is 1. The van der Waals surface area contributed by atoms with Crippen LogP contribution in [-0.4, -0.2) is 47.4 Å². The second-order valence-electron chi connectivity index (χ2n) is 7.39. The summed E-state index contributed by atoms with van der Waals surface area (Å²) < 4.78 is 0. The summed E-state index contributed by atoms with van der Waals surface area (Å²) in [7, 11) is 1.74. The average molecular weight is 342 g/mol. The molecule has 132 valence electrons. The van der Waals surface area contributed by atoms with Gasteiger partial charge in [0, 0.05) is 31.3 Å². The van der Waals surface area contributed by atoms with Crippen LogP contribution in [-0.2, 0) is 16.0 Å². The van der Waals surface area contributed by atoms with Gasteiger partial charge in [-0.2, -0.15) is 0 Å². The number of nitrogens with zero attached hydrogens (tertiary/aromatic N) is 2. The van der Waals surface area contributed by atoms with Gasteiger partial charge in [0.1, 0.15) is 6.04 Å². The van der Waals surface area contributed by atoms with Gasteiger partial charge >= 0.3 is 5.97 Å². The van der Waals surface area contributed by atoms with Gasteiger partial charge in [0.2, 0.25) is 5.91 Å². The van der Waals surface area contributed by atoms with Crippen LogP contribution in [0.2, 0.25) is 0 Å². The molecule has 6 nitrogen and oxygen atoms in total. The van der Waals surface area contributed by atoms with E-state index in [1.165, 1.54) is 0 Å². The number of aryl methyl sites for hydroxylation is 1. The highest BCUT2D eigenvalue weighted by atomic mass is 16.4. The molecule has 3 atom stereocenters. The highest BCUT2D eigenvalue weighted by Gasteiger charge is 2.49. The number of benzene rings is 1. The zero-order chi connectivity index (χ0) is 17.7. The molecule has 2 amide bonds. The second kappa shape index (κ2) is 5.86. The van der Waals surface area contributed by atoms with Gasteiger partial charge in [-0.1, -0.05) is 6.42 Å². The molecule has 1 aromatic carbocycles.